The number of nitrogens with one attached hydrogen (secondary N) is 1. The molecule has 2 atom stereocenters. The van der Waals surface area contributed by atoms with E-state index in [4.69, 9.17) is 4.74 Å². The van der Waals surface area contributed by atoms with Crippen LogP contribution in [0.25, 0.3) is 0 Å². The molecule has 0 saturated carbocycles. The van der Waals surface area contributed by atoms with Crippen molar-refractivity contribution in [3.8, 4) is 11.5 Å². The van der Waals surface area contributed by atoms with E-state index < -0.39 is 5.60 Å². The van der Waals surface area contributed by atoms with E-state index in [0.29, 0.717) is 0 Å². The Bertz CT molecular complexity index is 573. The van der Waals surface area contributed by atoms with Crippen LogP contribution in [0.5, 0.6) is 11.5 Å². The molecule has 3 rings (SSSR count). The predicted molar refractivity (Wildman–Crippen MR) is 86.2 cm³/mol. The second-order valence-electron chi connectivity index (χ2n) is 5.29. The van der Waals surface area contributed by atoms with Gasteiger partial charge in [-0.05, 0) is 49.7 Å². The molecule has 1 saturated heterocycles. The minimum absolute atomic E-state index is 0. The first kappa shape index (κ1) is 15.8. The molecule has 112 valence electrons. The zero-order valence-electron chi connectivity index (χ0n) is 12.0. The van der Waals surface area contributed by atoms with Gasteiger partial charge in [-0.1, -0.05) is 30.3 Å². The lowest BCUT2D eigenvalue weighted by atomic mass is 9.87. The number of halogens is 1. The zero-order valence-corrected chi connectivity index (χ0v) is 12.8. The molecule has 3 nitrogen and oxygen atoms in total. The summed E-state index contributed by atoms with van der Waals surface area (Å²) in [6.07, 6.45) is 0.743. The first-order valence-corrected chi connectivity index (χ1v) is 6.98. The summed E-state index contributed by atoms with van der Waals surface area (Å²) in [6, 6.07) is 17.5. The van der Waals surface area contributed by atoms with E-state index in [1.54, 1.807) is 0 Å². The molecule has 2 aromatic rings. The minimum Gasteiger partial charge on any atom is -0.457 e. The van der Waals surface area contributed by atoms with Crippen LogP contribution >= 0.6 is 12.4 Å². The van der Waals surface area contributed by atoms with Gasteiger partial charge in [-0.15, -0.1) is 12.4 Å². The Hall–Kier alpha value is -1.55. The molecule has 0 spiro atoms. The molecular weight excluding hydrogens is 286 g/mol. The summed E-state index contributed by atoms with van der Waals surface area (Å²) in [5.74, 6) is 1.59. The summed E-state index contributed by atoms with van der Waals surface area (Å²) in [7, 11) is 0. The number of rotatable bonds is 3. The summed E-state index contributed by atoms with van der Waals surface area (Å²) in [4.78, 5) is 0. The maximum Gasteiger partial charge on any atom is 0.127 e. The van der Waals surface area contributed by atoms with Gasteiger partial charge in [0, 0.05) is 6.04 Å². The van der Waals surface area contributed by atoms with Crippen LogP contribution in [-0.2, 0) is 5.60 Å². The van der Waals surface area contributed by atoms with Crippen molar-refractivity contribution in [2.75, 3.05) is 6.54 Å². The molecule has 0 aromatic heterocycles. The summed E-state index contributed by atoms with van der Waals surface area (Å²) < 4.78 is 5.76. The van der Waals surface area contributed by atoms with Gasteiger partial charge in [0.2, 0.25) is 0 Å². The van der Waals surface area contributed by atoms with Crippen molar-refractivity contribution in [1.82, 2.24) is 5.32 Å². The van der Waals surface area contributed by atoms with E-state index in [9.17, 15) is 5.11 Å². The van der Waals surface area contributed by atoms with Crippen LogP contribution in [0.4, 0.5) is 0 Å². The highest BCUT2D eigenvalue weighted by molar-refractivity contribution is 5.85. The fourth-order valence-electron chi connectivity index (χ4n) is 2.70. The average molecular weight is 306 g/mol. The highest BCUT2D eigenvalue weighted by Crippen LogP contribution is 2.34. The van der Waals surface area contributed by atoms with E-state index in [2.05, 4.69) is 5.32 Å². The predicted octanol–water partition coefficient (Wildman–Crippen LogP) is 3.47. The molecule has 1 aliphatic rings. The van der Waals surface area contributed by atoms with Gasteiger partial charge in [-0.3, -0.25) is 0 Å². The molecule has 2 aromatic carbocycles. The topological polar surface area (TPSA) is 41.5 Å². The molecule has 1 aliphatic heterocycles. The third kappa shape index (κ3) is 3.21. The van der Waals surface area contributed by atoms with Crippen LogP contribution in [0.1, 0.15) is 18.9 Å². The molecule has 0 radical (unpaired) electrons. The van der Waals surface area contributed by atoms with Crippen molar-refractivity contribution in [3.05, 3.63) is 60.2 Å². The van der Waals surface area contributed by atoms with E-state index in [0.717, 1.165) is 30.0 Å². The maximum absolute atomic E-state index is 10.7. The molecule has 2 N–H and O–H groups in total. The van der Waals surface area contributed by atoms with Gasteiger partial charge in [-0.25, -0.2) is 0 Å². The van der Waals surface area contributed by atoms with Crippen molar-refractivity contribution in [1.29, 1.82) is 0 Å². The van der Waals surface area contributed by atoms with Gasteiger partial charge in [0.1, 0.15) is 17.1 Å². The molecule has 1 heterocycles. The fourth-order valence-corrected chi connectivity index (χ4v) is 2.70. The third-order valence-electron chi connectivity index (χ3n) is 4.01. The second-order valence-corrected chi connectivity index (χ2v) is 5.29. The Morgan fingerprint density at radius 1 is 1.05 bits per heavy atom. The summed E-state index contributed by atoms with van der Waals surface area (Å²) in [6.45, 7) is 2.86. The first-order valence-electron chi connectivity index (χ1n) is 6.98. The Labute approximate surface area is 131 Å². The van der Waals surface area contributed by atoms with Crippen LogP contribution in [-0.4, -0.2) is 17.7 Å². The number of aliphatic hydroxyl groups is 1. The number of para-hydroxylation sites is 1. The Kier molecular flexibility index (Phi) is 4.88. The van der Waals surface area contributed by atoms with Crippen LogP contribution in [0.2, 0.25) is 0 Å². The number of benzene rings is 2. The van der Waals surface area contributed by atoms with Gasteiger partial charge in [0.15, 0.2) is 0 Å². The monoisotopic (exact) mass is 305 g/mol. The number of ether oxygens (including phenoxy) is 1. The van der Waals surface area contributed by atoms with Gasteiger partial charge in [0.05, 0.1) is 0 Å². The van der Waals surface area contributed by atoms with Crippen LogP contribution in [0.15, 0.2) is 54.6 Å². The lowest BCUT2D eigenvalue weighted by molar-refractivity contribution is 0.0293. The van der Waals surface area contributed by atoms with E-state index in [-0.39, 0.29) is 18.4 Å². The standard InChI is InChI=1S/C17H19NO2.ClH/c1-13-17(19,11-12-18-13)14-7-9-16(10-8-14)20-15-5-3-2-4-6-15;/h2-10,13,18-19H,11-12H2,1H3;1H. The van der Waals surface area contributed by atoms with E-state index >= 15 is 0 Å². The van der Waals surface area contributed by atoms with Gasteiger partial charge < -0.3 is 15.2 Å². The van der Waals surface area contributed by atoms with E-state index in [1.807, 2.05) is 61.5 Å². The normalized spacial score (nSPS) is 24.4. The molecule has 1 fully saturated rings. The molecule has 0 aliphatic carbocycles. The molecule has 21 heavy (non-hydrogen) atoms. The van der Waals surface area contributed by atoms with Crippen LogP contribution < -0.4 is 10.1 Å². The Morgan fingerprint density at radius 3 is 2.24 bits per heavy atom. The largest absolute Gasteiger partial charge is 0.457 e. The minimum atomic E-state index is -0.773. The van der Waals surface area contributed by atoms with Gasteiger partial charge in [-0.2, -0.15) is 0 Å². The summed E-state index contributed by atoms with van der Waals surface area (Å²) >= 11 is 0. The van der Waals surface area contributed by atoms with Crippen molar-refractivity contribution in [2.24, 2.45) is 0 Å². The average Bonchev–Trinajstić information content (AvgIpc) is 2.82. The van der Waals surface area contributed by atoms with Crippen LogP contribution in [0.3, 0.4) is 0 Å². The Morgan fingerprint density at radius 2 is 1.67 bits per heavy atom. The summed E-state index contributed by atoms with van der Waals surface area (Å²) in [5.41, 5.74) is 0.168. The number of hydrogen-bond acceptors (Lipinski definition) is 3. The zero-order chi connectivity index (χ0) is 14.0. The van der Waals surface area contributed by atoms with Crippen molar-refractivity contribution in [2.45, 2.75) is 25.0 Å². The third-order valence-corrected chi connectivity index (χ3v) is 4.01. The first-order chi connectivity index (χ1) is 9.68. The smallest absolute Gasteiger partial charge is 0.127 e. The lowest BCUT2D eigenvalue weighted by Crippen LogP contribution is -2.37. The maximum atomic E-state index is 10.7. The van der Waals surface area contributed by atoms with E-state index in [1.165, 1.54) is 0 Å². The van der Waals surface area contributed by atoms with Crippen LogP contribution in [0, 0.1) is 0 Å². The Balaban J connectivity index is 0.00000161. The molecule has 4 heteroatoms. The summed E-state index contributed by atoms with van der Waals surface area (Å²) in [5, 5.41) is 14.0. The number of hydrogen-bond donors (Lipinski definition) is 2. The fraction of sp³-hybridized carbons (Fsp3) is 0.294. The van der Waals surface area contributed by atoms with Gasteiger partial charge in [0.25, 0.3) is 0 Å². The SMILES string of the molecule is CC1NCCC1(O)c1ccc(Oc2ccccc2)cc1.Cl. The van der Waals surface area contributed by atoms with Gasteiger partial charge >= 0.3 is 0 Å². The molecule has 0 amide bonds. The quantitative estimate of drug-likeness (QED) is 0.912. The van der Waals surface area contributed by atoms with Crippen molar-refractivity contribution in [3.63, 3.8) is 0 Å². The lowest BCUT2D eigenvalue weighted by Gasteiger charge is -2.27. The van der Waals surface area contributed by atoms with Crippen molar-refractivity contribution < 1.29 is 9.84 Å². The molecule has 2 unspecified atom stereocenters. The second kappa shape index (κ2) is 6.48. The molecular formula is C17H20ClNO2. The highest BCUT2D eigenvalue weighted by Gasteiger charge is 2.39. The van der Waals surface area contributed by atoms with Crippen molar-refractivity contribution >= 4 is 12.4 Å². The highest BCUT2D eigenvalue weighted by atomic mass is 35.5. The molecule has 0 bridgehead atoms.